The molecule has 1 aliphatic heterocycles. The Labute approximate surface area is 138 Å². The van der Waals surface area contributed by atoms with Crippen molar-refractivity contribution in [2.24, 2.45) is 0 Å². The highest BCUT2D eigenvalue weighted by Gasteiger charge is 2.33. The summed E-state index contributed by atoms with van der Waals surface area (Å²) < 4.78 is 51.3. The Morgan fingerprint density at radius 2 is 2.09 bits per heavy atom. The lowest BCUT2D eigenvalue weighted by molar-refractivity contribution is 0.299. The van der Waals surface area contributed by atoms with E-state index in [-0.39, 0.29) is 40.3 Å². The quantitative estimate of drug-likeness (QED) is 0.847. The fourth-order valence-electron chi connectivity index (χ4n) is 2.41. The fourth-order valence-corrected chi connectivity index (χ4v) is 4.28. The number of hydrogen-bond donors (Lipinski definition) is 0. The first-order valence-corrected chi connectivity index (χ1v) is 8.54. The number of benzene rings is 2. The minimum atomic E-state index is -3.98. The summed E-state index contributed by atoms with van der Waals surface area (Å²) >= 11 is 5.92. The molecule has 2 aromatic carbocycles. The van der Waals surface area contributed by atoms with Crippen LogP contribution in [0.3, 0.4) is 0 Å². The average Bonchev–Trinajstić information content (AvgIpc) is 2.54. The van der Waals surface area contributed by atoms with Crippen LogP contribution in [-0.2, 0) is 10.0 Å². The standard InChI is InChI=1S/C15H13ClFNO4S/c1-21-13-6-5-10(16)9-14(13)23(19,20)18-7-8-22-15-11(17)3-2-4-12(15)18/h2-6,9H,7-8H2,1H3. The Kier molecular flexibility index (Phi) is 4.08. The van der Waals surface area contributed by atoms with Gasteiger partial charge in [-0.3, -0.25) is 4.31 Å². The summed E-state index contributed by atoms with van der Waals surface area (Å²) in [5.74, 6) is -0.525. The van der Waals surface area contributed by atoms with Crippen LogP contribution in [0.15, 0.2) is 41.3 Å². The second-order valence-corrected chi connectivity index (χ2v) is 7.08. The van der Waals surface area contributed by atoms with E-state index >= 15 is 0 Å². The Morgan fingerprint density at radius 3 is 2.83 bits per heavy atom. The number of para-hydroxylation sites is 1. The molecule has 5 nitrogen and oxygen atoms in total. The van der Waals surface area contributed by atoms with Crippen LogP contribution in [0.1, 0.15) is 0 Å². The lowest BCUT2D eigenvalue weighted by Crippen LogP contribution is -2.38. The first kappa shape index (κ1) is 15.9. The Bertz CT molecular complexity index is 857. The maximum absolute atomic E-state index is 13.9. The zero-order valence-corrected chi connectivity index (χ0v) is 13.7. The number of sulfonamides is 1. The van der Waals surface area contributed by atoms with Crippen molar-refractivity contribution < 1.29 is 22.3 Å². The van der Waals surface area contributed by atoms with E-state index < -0.39 is 15.8 Å². The summed E-state index contributed by atoms with van der Waals surface area (Å²) in [6, 6.07) is 8.46. The molecule has 0 radical (unpaired) electrons. The van der Waals surface area contributed by atoms with Gasteiger partial charge in [0, 0.05) is 5.02 Å². The van der Waals surface area contributed by atoms with E-state index in [1.54, 1.807) is 0 Å². The van der Waals surface area contributed by atoms with Gasteiger partial charge in [-0.05, 0) is 30.3 Å². The van der Waals surface area contributed by atoms with Gasteiger partial charge in [0.2, 0.25) is 0 Å². The van der Waals surface area contributed by atoms with Crippen LogP contribution in [0.4, 0.5) is 10.1 Å². The van der Waals surface area contributed by atoms with E-state index in [4.69, 9.17) is 21.1 Å². The SMILES string of the molecule is COc1ccc(Cl)cc1S(=O)(=O)N1CCOc2c(F)cccc21. The smallest absolute Gasteiger partial charge is 0.268 e. The number of anilines is 1. The van der Waals surface area contributed by atoms with E-state index in [2.05, 4.69) is 0 Å². The van der Waals surface area contributed by atoms with Crippen LogP contribution in [0, 0.1) is 5.82 Å². The van der Waals surface area contributed by atoms with Crippen molar-refractivity contribution in [1.29, 1.82) is 0 Å². The number of fused-ring (bicyclic) bond motifs is 1. The van der Waals surface area contributed by atoms with Crippen LogP contribution >= 0.6 is 11.6 Å². The Balaban J connectivity index is 2.16. The molecule has 8 heteroatoms. The van der Waals surface area contributed by atoms with Gasteiger partial charge in [0.05, 0.1) is 19.3 Å². The first-order valence-electron chi connectivity index (χ1n) is 6.73. The second-order valence-electron chi connectivity index (χ2n) is 4.81. The zero-order valence-electron chi connectivity index (χ0n) is 12.1. The van der Waals surface area contributed by atoms with Gasteiger partial charge in [-0.15, -0.1) is 0 Å². The van der Waals surface area contributed by atoms with Crippen LogP contribution in [-0.4, -0.2) is 28.7 Å². The van der Waals surface area contributed by atoms with Gasteiger partial charge in [0.15, 0.2) is 11.6 Å². The number of rotatable bonds is 3. The zero-order chi connectivity index (χ0) is 16.6. The van der Waals surface area contributed by atoms with Crippen LogP contribution in [0.5, 0.6) is 11.5 Å². The lowest BCUT2D eigenvalue weighted by Gasteiger charge is -2.30. The Hall–Kier alpha value is -1.99. The van der Waals surface area contributed by atoms with Gasteiger partial charge in [0.25, 0.3) is 10.0 Å². The molecule has 0 N–H and O–H groups in total. The molecule has 0 aromatic heterocycles. The van der Waals surface area contributed by atoms with Crippen molar-refractivity contribution in [3.05, 3.63) is 47.2 Å². The molecule has 0 amide bonds. The third-order valence-electron chi connectivity index (χ3n) is 3.45. The van der Waals surface area contributed by atoms with E-state index in [1.165, 1.54) is 43.5 Å². The highest BCUT2D eigenvalue weighted by Crippen LogP contribution is 2.39. The largest absolute Gasteiger partial charge is 0.495 e. The molecular weight excluding hydrogens is 345 g/mol. The van der Waals surface area contributed by atoms with Gasteiger partial charge in [-0.2, -0.15) is 0 Å². The molecular formula is C15H13ClFNO4S. The third kappa shape index (κ3) is 2.70. The van der Waals surface area contributed by atoms with Gasteiger partial charge in [0.1, 0.15) is 17.3 Å². The molecule has 1 heterocycles. The molecule has 2 aromatic rings. The van der Waals surface area contributed by atoms with Crippen molar-refractivity contribution in [2.45, 2.75) is 4.90 Å². The van der Waals surface area contributed by atoms with E-state index in [1.807, 2.05) is 0 Å². The molecule has 0 saturated heterocycles. The van der Waals surface area contributed by atoms with Crippen molar-refractivity contribution in [1.82, 2.24) is 0 Å². The molecule has 0 saturated carbocycles. The number of methoxy groups -OCH3 is 1. The number of nitrogens with zero attached hydrogens (tertiary/aromatic N) is 1. The number of halogens is 2. The number of ether oxygens (including phenoxy) is 2. The maximum atomic E-state index is 13.9. The average molecular weight is 358 g/mol. The van der Waals surface area contributed by atoms with Crippen LogP contribution < -0.4 is 13.8 Å². The fraction of sp³-hybridized carbons (Fsp3) is 0.200. The summed E-state index contributed by atoms with van der Waals surface area (Å²) in [6.07, 6.45) is 0. The first-order chi connectivity index (χ1) is 10.9. The maximum Gasteiger partial charge on any atom is 0.268 e. The molecule has 23 heavy (non-hydrogen) atoms. The van der Waals surface area contributed by atoms with E-state index in [0.717, 1.165) is 4.31 Å². The topological polar surface area (TPSA) is 55.8 Å². The predicted molar refractivity (Wildman–Crippen MR) is 84.4 cm³/mol. The normalized spacial score (nSPS) is 14.1. The van der Waals surface area contributed by atoms with E-state index in [0.29, 0.717) is 0 Å². The molecule has 0 spiro atoms. The van der Waals surface area contributed by atoms with Crippen molar-refractivity contribution in [3.63, 3.8) is 0 Å². The second kappa shape index (κ2) is 5.90. The van der Waals surface area contributed by atoms with Crippen molar-refractivity contribution in [2.75, 3.05) is 24.6 Å². The van der Waals surface area contributed by atoms with Gasteiger partial charge in [-0.1, -0.05) is 17.7 Å². The summed E-state index contributed by atoms with van der Waals surface area (Å²) in [7, 11) is -2.61. The monoisotopic (exact) mass is 357 g/mol. The van der Waals surface area contributed by atoms with Gasteiger partial charge < -0.3 is 9.47 Å². The Morgan fingerprint density at radius 1 is 1.30 bits per heavy atom. The summed E-state index contributed by atoms with van der Waals surface area (Å²) in [5.41, 5.74) is 0.151. The number of hydrogen-bond acceptors (Lipinski definition) is 4. The molecule has 122 valence electrons. The molecule has 0 aliphatic carbocycles. The molecule has 0 unspecified atom stereocenters. The van der Waals surface area contributed by atoms with Gasteiger partial charge in [-0.25, -0.2) is 12.8 Å². The molecule has 3 rings (SSSR count). The minimum absolute atomic E-state index is 0.0516. The van der Waals surface area contributed by atoms with Crippen molar-refractivity contribution >= 4 is 27.3 Å². The highest BCUT2D eigenvalue weighted by molar-refractivity contribution is 7.93. The predicted octanol–water partition coefficient (Wildman–Crippen LogP) is 3.08. The van der Waals surface area contributed by atoms with Crippen LogP contribution in [0.2, 0.25) is 5.02 Å². The van der Waals surface area contributed by atoms with Crippen LogP contribution in [0.25, 0.3) is 0 Å². The van der Waals surface area contributed by atoms with Crippen molar-refractivity contribution in [3.8, 4) is 11.5 Å². The summed E-state index contributed by atoms with van der Waals surface area (Å²) in [6.45, 7) is 0.116. The molecule has 0 fully saturated rings. The molecule has 0 bridgehead atoms. The molecule has 0 atom stereocenters. The third-order valence-corrected chi connectivity index (χ3v) is 5.52. The lowest BCUT2D eigenvalue weighted by atomic mass is 10.2. The minimum Gasteiger partial charge on any atom is -0.495 e. The van der Waals surface area contributed by atoms with E-state index in [9.17, 15) is 12.8 Å². The summed E-state index contributed by atoms with van der Waals surface area (Å²) in [5, 5.41) is 0.261. The summed E-state index contributed by atoms with van der Waals surface area (Å²) in [4.78, 5) is -0.0791. The highest BCUT2D eigenvalue weighted by atomic mass is 35.5. The molecule has 1 aliphatic rings. The van der Waals surface area contributed by atoms with Gasteiger partial charge >= 0.3 is 0 Å².